The van der Waals surface area contributed by atoms with Gasteiger partial charge in [-0.05, 0) is 67.3 Å². The van der Waals surface area contributed by atoms with Crippen LogP contribution in [0.1, 0.15) is 48.2 Å². The number of fused-ring (bicyclic) bond motifs is 2. The summed E-state index contributed by atoms with van der Waals surface area (Å²) in [5, 5.41) is 0. The van der Waals surface area contributed by atoms with Crippen LogP contribution in [0.15, 0.2) is 36.8 Å². The molecule has 0 bridgehead atoms. The van der Waals surface area contributed by atoms with Gasteiger partial charge in [-0.3, -0.25) is 10.4 Å². The van der Waals surface area contributed by atoms with Crippen molar-refractivity contribution in [1.29, 1.82) is 0 Å². The third-order valence-corrected chi connectivity index (χ3v) is 5.84. The average molecular weight is 334 g/mol. The first-order valence-corrected chi connectivity index (χ1v) is 9.02. The van der Waals surface area contributed by atoms with Gasteiger partial charge in [0.05, 0.1) is 11.6 Å². The maximum atomic E-state index is 4.72. The SMILES string of the molecule is Cc1ccncc1C1CCC2NNC(c3nc4ncccc4[nH]3)C2C1. The zero-order chi connectivity index (χ0) is 16.8. The van der Waals surface area contributed by atoms with Crippen molar-refractivity contribution < 1.29 is 0 Å². The van der Waals surface area contributed by atoms with Crippen LogP contribution in [0.25, 0.3) is 11.2 Å². The van der Waals surface area contributed by atoms with E-state index in [-0.39, 0.29) is 6.04 Å². The number of H-pyrrole nitrogens is 1. The molecule has 2 fully saturated rings. The van der Waals surface area contributed by atoms with E-state index in [9.17, 15) is 0 Å². The molecule has 3 N–H and O–H groups in total. The molecular formula is C19H22N6. The molecule has 1 saturated carbocycles. The van der Waals surface area contributed by atoms with Crippen molar-refractivity contribution in [3.8, 4) is 0 Å². The van der Waals surface area contributed by atoms with Gasteiger partial charge in [-0.1, -0.05) is 0 Å². The summed E-state index contributed by atoms with van der Waals surface area (Å²) in [7, 11) is 0. The minimum absolute atomic E-state index is 0.193. The number of hydrazine groups is 1. The monoisotopic (exact) mass is 334 g/mol. The number of nitrogens with zero attached hydrogens (tertiary/aromatic N) is 3. The van der Waals surface area contributed by atoms with Crippen molar-refractivity contribution in [2.45, 2.75) is 44.2 Å². The summed E-state index contributed by atoms with van der Waals surface area (Å²) in [6.45, 7) is 2.19. The number of hydrogen-bond acceptors (Lipinski definition) is 5. The first-order valence-electron chi connectivity index (χ1n) is 9.02. The molecule has 0 spiro atoms. The molecule has 4 unspecified atom stereocenters. The highest BCUT2D eigenvalue weighted by molar-refractivity contribution is 5.70. The molecule has 128 valence electrons. The molecule has 0 amide bonds. The summed E-state index contributed by atoms with van der Waals surface area (Å²) in [6, 6.07) is 6.78. The standard InChI is InChI=1S/C19H22N6/c1-11-6-8-20-10-14(11)12-4-5-15-13(9-12)17(25-24-15)19-22-16-3-2-7-21-18(16)23-19/h2-3,6-8,10,12-13,15,17,24-25H,4-5,9H2,1H3,(H,21,22,23). The van der Waals surface area contributed by atoms with Crippen LogP contribution >= 0.6 is 0 Å². The van der Waals surface area contributed by atoms with E-state index in [1.54, 1.807) is 6.20 Å². The summed E-state index contributed by atoms with van der Waals surface area (Å²) >= 11 is 0. The Morgan fingerprint density at radius 1 is 1.12 bits per heavy atom. The summed E-state index contributed by atoms with van der Waals surface area (Å²) < 4.78 is 0. The van der Waals surface area contributed by atoms with Crippen LogP contribution in [-0.2, 0) is 0 Å². The first kappa shape index (κ1) is 15.0. The fourth-order valence-corrected chi connectivity index (χ4v) is 4.53. The minimum Gasteiger partial charge on any atom is -0.339 e. The number of aromatic nitrogens is 4. The molecule has 3 aromatic heterocycles. The molecule has 25 heavy (non-hydrogen) atoms. The second kappa shape index (κ2) is 5.89. The lowest BCUT2D eigenvalue weighted by Gasteiger charge is -2.33. The van der Waals surface area contributed by atoms with Crippen LogP contribution < -0.4 is 10.9 Å². The molecule has 0 aromatic carbocycles. The predicted octanol–water partition coefficient (Wildman–Crippen LogP) is 2.76. The van der Waals surface area contributed by atoms with Crippen LogP contribution in [0.3, 0.4) is 0 Å². The molecule has 1 saturated heterocycles. The second-order valence-corrected chi connectivity index (χ2v) is 7.28. The van der Waals surface area contributed by atoms with E-state index in [2.05, 4.69) is 45.0 Å². The van der Waals surface area contributed by atoms with E-state index < -0.39 is 0 Å². The molecule has 1 aliphatic carbocycles. The highest BCUT2D eigenvalue weighted by atomic mass is 15.4. The highest BCUT2D eigenvalue weighted by Crippen LogP contribution is 2.44. The number of nitrogens with one attached hydrogen (secondary N) is 3. The van der Waals surface area contributed by atoms with Gasteiger partial charge >= 0.3 is 0 Å². The van der Waals surface area contributed by atoms with Gasteiger partial charge in [0.25, 0.3) is 0 Å². The van der Waals surface area contributed by atoms with Gasteiger partial charge in [-0.2, -0.15) is 0 Å². The Kier molecular flexibility index (Phi) is 3.53. The van der Waals surface area contributed by atoms with Crippen molar-refractivity contribution >= 4 is 11.2 Å². The lowest BCUT2D eigenvalue weighted by atomic mass is 9.73. The highest BCUT2D eigenvalue weighted by Gasteiger charge is 2.42. The normalized spacial score (nSPS) is 29.0. The lowest BCUT2D eigenvalue weighted by Crippen LogP contribution is -2.34. The molecule has 4 atom stereocenters. The van der Waals surface area contributed by atoms with Gasteiger partial charge in [0.2, 0.25) is 0 Å². The number of hydrogen-bond donors (Lipinski definition) is 3. The Bertz CT molecular complexity index is 871. The van der Waals surface area contributed by atoms with Gasteiger partial charge in [-0.25, -0.2) is 15.4 Å². The van der Waals surface area contributed by atoms with Crippen molar-refractivity contribution in [2.75, 3.05) is 0 Å². The molecule has 6 nitrogen and oxygen atoms in total. The summed E-state index contributed by atoms with van der Waals surface area (Å²) in [4.78, 5) is 16.9. The van der Waals surface area contributed by atoms with Crippen molar-refractivity contribution in [3.05, 3.63) is 53.7 Å². The van der Waals surface area contributed by atoms with Gasteiger partial charge < -0.3 is 4.98 Å². The molecule has 5 rings (SSSR count). The molecule has 2 aliphatic rings. The van der Waals surface area contributed by atoms with Gasteiger partial charge in [0.15, 0.2) is 5.65 Å². The fraction of sp³-hybridized carbons (Fsp3) is 0.421. The Morgan fingerprint density at radius 2 is 2.08 bits per heavy atom. The summed E-state index contributed by atoms with van der Waals surface area (Å²) in [5.41, 5.74) is 11.5. The molecule has 3 aromatic rings. The van der Waals surface area contributed by atoms with Crippen LogP contribution in [0.5, 0.6) is 0 Å². The van der Waals surface area contributed by atoms with E-state index >= 15 is 0 Å². The summed E-state index contributed by atoms with van der Waals surface area (Å²) in [6.07, 6.45) is 9.25. The topological polar surface area (TPSA) is 78.5 Å². The van der Waals surface area contributed by atoms with Crippen molar-refractivity contribution in [1.82, 2.24) is 30.8 Å². The Balaban J connectivity index is 1.44. The van der Waals surface area contributed by atoms with Crippen molar-refractivity contribution in [2.24, 2.45) is 5.92 Å². The zero-order valence-corrected chi connectivity index (χ0v) is 14.2. The molecule has 0 radical (unpaired) electrons. The van der Waals surface area contributed by atoms with Crippen LogP contribution in [0.4, 0.5) is 0 Å². The van der Waals surface area contributed by atoms with Gasteiger partial charge in [0, 0.05) is 24.6 Å². The third-order valence-electron chi connectivity index (χ3n) is 5.84. The van der Waals surface area contributed by atoms with Gasteiger partial charge in [-0.15, -0.1) is 0 Å². The Labute approximate surface area is 146 Å². The maximum Gasteiger partial charge on any atom is 0.177 e. The smallest absolute Gasteiger partial charge is 0.177 e. The Morgan fingerprint density at radius 3 is 2.96 bits per heavy atom. The van der Waals surface area contributed by atoms with E-state index in [1.807, 2.05) is 18.3 Å². The number of aryl methyl sites for hydroxylation is 1. The number of rotatable bonds is 2. The molecule has 6 heteroatoms. The Hall–Kier alpha value is -2.31. The van der Waals surface area contributed by atoms with Gasteiger partial charge in [0.1, 0.15) is 5.82 Å². The van der Waals surface area contributed by atoms with E-state index in [0.717, 1.165) is 23.4 Å². The predicted molar refractivity (Wildman–Crippen MR) is 95.7 cm³/mol. The van der Waals surface area contributed by atoms with E-state index in [4.69, 9.17) is 4.98 Å². The number of imidazole rings is 1. The molecule has 4 heterocycles. The largest absolute Gasteiger partial charge is 0.339 e. The molecule has 1 aliphatic heterocycles. The van der Waals surface area contributed by atoms with Crippen LogP contribution in [0, 0.1) is 12.8 Å². The van der Waals surface area contributed by atoms with Crippen LogP contribution in [0.2, 0.25) is 0 Å². The van der Waals surface area contributed by atoms with Crippen LogP contribution in [-0.4, -0.2) is 26.0 Å². The number of pyridine rings is 2. The minimum atomic E-state index is 0.193. The molecular weight excluding hydrogens is 312 g/mol. The van der Waals surface area contributed by atoms with Crippen molar-refractivity contribution in [3.63, 3.8) is 0 Å². The quantitative estimate of drug-likeness (QED) is 0.672. The lowest BCUT2D eigenvalue weighted by molar-refractivity contribution is 0.274. The third kappa shape index (κ3) is 2.53. The van der Waals surface area contributed by atoms with E-state index in [1.165, 1.54) is 24.0 Å². The second-order valence-electron chi connectivity index (χ2n) is 7.28. The first-order chi connectivity index (χ1) is 12.3. The maximum absolute atomic E-state index is 4.72. The fourth-order valence-electron chi connectivity index (χ4n) is 4.53. The number of aromatic amines is 1. The summed E-state index contributed by atoms with van der Waals surface area (Å²) in [5.74, 6) is 2.07. The van der Waals surface area contributed by atoms with E-state index in [0.29, 0.717) is 17.9 Å². The average Bonchev–Trinajstić information content (AvgIpc) is 3.25. The zero-order valence-electron chi connectivity index (χ0n) is 14.2.